The van der Waals surface area contributed by atoms with Crippen molar-refractivity contribution in [1.29, 1.82) is 0 Å². The van der Waals surface area contributed by atoms with Gasteiger partial charge in [-0.15, -0.1) is 0 Å². The highest BCUT2D eigenvalue weighted by molar-refractivity contribution is 5.78. The number of benzene rings is 1. The Morgan fingerprint density at radius 2 is 2.14 bits per heavy atom. The fourth-order valence-corrected chi connectivity index (χ4v) is 3.85. The molecule has 2 fully saturated rings. The highest BCUT2D eigenvalue weighted by Crippen LogP contribution is 2.19. The van der Waals surface area contributed by atoms with Gasteiger partial charge in [-0.25, -0.2) is 4.98 Å². The standard InChI is InChI=1S/C20H29N5O3/c1-27-15-4-5-17-18(11-15)23-19(22-17)13-24-6-8-25(9-7-24)14-20(26)21-12-16-3-2-10-28-16/h4-5,11,16H,2-3,6-10,12-14H2,1H3,(H,21,26)(H,22,23). The highest BCUT2D eigenvalue weighted by atomic mass is 16.5. The Hall–Kier alpha value is -2.16. The molecule has 1 aromatic carbocycles. The van der Waals surface area contributed by atoms with Crippen LogP contribution in [0.1, 0.15) is 18.7 Å². The number of fused-ring (bicyclic) bond motifs is 1. The van der Waals surface area contributed by atoms with Gasteiger partial charge in [-0.2, -0.15) is 0 Å². The van der Waals surface area contributed by atoms with Crippen LogP contribution >= 0.6 is 0 Å². The van der Waals surface area contributed by atoms with Crippen LogP contribution in [0.4, 0.5) is 0 Å². The van der Waals surface area contributed by atoms with E-state index in [0.717, 1.165) is 74.8 Å². The summed E-state index contributed by atoms with van der Waals surface area (Å²) in [7, 11) is 1.67. The van der Waals surface area contributed by atoms with Crippen molar-refractivity contribution in [1.82, 2.24) is 25.1 Å². The van der Waals surface area contributed by atoms with E-state index in [9.17, 15) is 4.79 Å². The number of piperazine rings is 1. The van der Waals surface area contributed by atoms with Gasteiger partial charge in [0.25, 0.3) is 0 Å². The quantitative estimate of drug-likeness (QED) is 0.737. The van der Waals surface area contributed by atoms with Gasteiger partial charge in [-0.1, -0.05) is 0 Å². The third-order valence-corrected chi connectivity index (χ3v) is 5.49. The van der Waals surface area contributed by atoms with Gasteiger partial charge in [0.15, 0.2) is 0 Å². The molecule has 0 saturated carbocycles. The summed E-state index contributed by atoms with van der Waals surface area (Å²) in [6, 6.07) is 5.87. The lowest BCUT2D eigenvalue weighted by molar-refractivity contribution is -0.123. The van der Waals surface area contributed by atoms with Crippen LogP contribution in [-0.4, -0.2) is 84.8 Å². The number of ether oxygens (including phenoxy) is 2. The fourth-order valence-electron chi connectivity index (χ4n) is 3.85. The predicted octanol–water partition coefficient (Wildman–Crippen LogP) is 0.984. The molecule has 2 aromatic rings. The molecule has 1 aromatic heterocycles. The number of aromatic amines is 1. The van der Waals surface area contributed by atoms with Crippen molar-refractivity contribution < 1.29 is 14.3 Å². The van der Waals surface area contributed by atoms with Crippen LogP contribution in [0.5, 0.6) is 5.75 Å². The molecule has 8 heteroatoms. The number of imidazole rings is 1. The number of rotatable bonds is 7. The van der Waals surface area contributed by atoms with Gasteiger partial charge >= 0.3 is 0 Å². The number of carbonyl (C=O) groups is 1. The van der Waals surface area contributed by atoms with E-state index < -0.39 is 0 Å². The van der Waals surface area contributed by atoms with Gasteiger partial charge in [-0.05, 0) is 25.0 Å². The van der Waals surface area contributed by atoms with Gasteiger partial charge in [0.2, 0.25) is 5.91 Å². The second-order valence-corrected chi connectivity index (χ2v) is 7.56. The number of hydrogen-bond donors (Lipinski definition) is 2. The number of amides is 1. The number of aromatic nitrogens is 2. The third-order valence-electron chi connectivity index (χ3n) is 5.49. The summed E-state index contributed by atoms with van der Waals surface area (Å²) in [6.07, 6.45) is 2.35. The first-order valence-corrected chi connectivity index (χ1v) is 10.1. The minimum Gasteiger partial charge on any atom is -0.497 e. The molecule has 4 rings (SSSR count). The SMILES string of the molecule is COc1ccc2nc(CN3CCN(CC(=O)NCC4CCCO4)CC3)[nH]c2c1. The lowest BCUT2D eigenvalue weighted by atomic mass is 10.2. The van der Waals surface area contributed by atoms with E-state index in [1.54, 1.807) is 7.11 Å². The molecule has 0 radical (unpaired) electrons. The Kier molecular flexibility index (Phi) is 6.09. The summed E-state index contributed by atoms with van der Waals surface area (Å²) in [5.41, 5.74) is 1.95. The van der Waals surface area contributed by atoms with Crippen molar-refractivity contribution in [2.24, 2.45) is 0 Å². The first-order chi connectivity index (χ1) is 13.7. The van der Waals surface area contributed by atoms with E-state index in [0.29, 0.717) is 13.1 Å². The van der Waals surface area contributed by atoms with Crippen molar-refractivity contribution in [3.8, 4) is 5.75 Å². The van der Waals surface area contributed by atoms with Crippen molar-refractivity contribution >= 4 is 16.9 Å². The second kappa shape index (κ2) is 8.89. The minimum atomic E-state index is 0.0928. The molecule has 2 saturated heterocycles. The number of nitrogens with zero attached hydrogens (tertiary/aromatic N) is 3. The number of carbonyl (C=O) groups excluding carboxylic acids is 1. The number of hydrogen-bond acceptors (Lipinski definition) is 6. The smallest absolute Gasteiger partial charge is 0.234 e. The Morgan fingerprint density at radius 3 is 2.89 bits per heavy atom. The molecule has 8 nitrogen and oxygen atoms in total. The summed E-state index contributed by atoms with van der Waals surface area (Å²) in [4.78, 5) is 24.8. The number of H-pyrrole nitrogens is 1. The lowest BCUT2D eigenvalue weighted by Gasteiger charge is -2.33. The van der Waals surface area contributed by atoms with Gasteiger partial charge in [0.05, 0.1) is 37.3 Å². The number of methoxy groups -OCH3 is 1. The zero-order chi connectivity index (χ0) is 19.3. The van der Waals surface area contributed by atoms with E-state index in [1.807, 2.05) is 18.2 Å². The Balaban J connectivity index is 1.21. The van der Waals surface area contributed by atoms with E-state index in [-0.39, 0.29) is 12.0 Å². The van der Waals surface area contributed by atoms with Crippen LogP contribution in [0.3, 0.4) is 0 Å². The van der Waals surface area contributed by atoms with Crippen molar-refractivity contribution in [3.05, 3.63) is 24.0 Å². The Labute approximate surface area is 165 Å². The predicted molar refractivity (Wildman–Crippen MR) is 106 cm³/mol. The van der Waals surface area contributed by atoms with Crippen LogP contribution in [0.2, 0.25) is 0 Å². The number of nitrogens with one attached hydrogen (secondary N) is 2. The van der Waals surface area contributed by atoms with Gasteiger partial charge in [0, 0.05) is 45.4 Å². The molecule has 0 aliphatic carbocycles. The molecule has 1 amide bonds. The minimum absolute atomic E-state index is 0.0928. The highest BCUT2D eigenvalue weighted by Gasteiger charge is 2.21. The molecule has 28 heavy (non-hydrogen) atoms. The zero-order valence-corrected chi connectivity index (χ0v) is 16.4. The summed E-state index contributed by atoms with van der Waals surface area (Å²) >= 11 is 0. The molecule has 152 valence electrons. The molecular formula is C20H29N5O3. The van der Waals surface area contributed by atoms with Crippen molar-refractivity contribution in [2.45, 2.75) is 25.5 Å². The lowest BCUT2D eigenvalue weighted by Crippen LogP contribution is -2.49. The molecule has 3 heterocycles. The van der Waals surface area contributed by atoms with Crippen LogP contribution in [-0.2, 0) is 16.1 Å². The molecule has 2 aliphatic rings. The summed E-state index contributed by atoms with van der Waals surface area (Å²) < 4.78 is 10.8. The monoisotopic (exact) mass is 387 g/mol. The molecule has 0 spiro atoms. The van der Waals surface area contributed by atoms with Crippen LogP contribution in [0, 0.1) is 0 Å². The molecular weight excluding hydrogens is 358 g/mol. The molecule has 1 atom stereocenters. The first-order valence-electron chi connectivity index (χ1n) is 10.1. The van der Waals surface area contributed by atoms with E-state index in [1.165, 1.54) is 0 Å². The van der Waals surface area contributed by atoms with Gasteiger partial charge in [0.1, 0.15) is 11.6 Å². The van der Waals surface area contributed by atoms with Crippen LogP contribution in [0.25, 0.3) is 11.0 Å². The Morgan fingerprint density at radius 1 is 1.32 bits per heavy atom. The molecule has 1 unspecified atom stereocenters. The first kappa shape index (κ1) is 19.2. The maximum absolute atomic E-state index is 12.1. The third kappa shape index (κ3) is 4.81. The van der Waals surface area contributed by atoms with Crippen LogP contribution < -0.4 is 10.1 Å². The maximum atomic E-state index is 12.1. The normalized spacial score (nSPS) is 21.2. The fraction of sp³-hybridized carbons (Fsp3) is 0.600. The van der Waals surface area contributed by atoms with Gasteiger partial charge < -0.3 is 19.8 Å². The molecule has 0 bridgehead atoms. The summed E-state index contributed by atoms with van der Waals surface area (Å²) in [5, 5.41) is 3.00. The molecule has 2 aliphatic heterocycles. The average Bonchev–Trinajstić information content (AvgIpc) is 3.36. The summed E-state index contributed by atoms with van der Waals surface area (Å²) in [5.74, 6) is 1.88. The zero-order valence-electron chi connectivity index (χ0n) is 16.4. The van der Waals surface area contributed by atoms with E-state index in [4.69, 9.17) is 9.47 Å². The largest absolute Gasteiger partial charge is 0.497 e. The second-order valence-electron chi connectivity index (χ2n) is 7.56. The van der Waals surface area contributed by atoms with E-state index in [2.05, 4.69) is 25.1 Å². The van der Waals surface area contributed by atoms with Gasteiger partial charge in [-0.3, -0.25) is 14.6 Å². The Bertz CT molecular complexity index is 794. The molecule has 2 N–H and O–H groups in total. The topological polar surface area (TPSA) is 82.7 Å². The van der Waals surface area contributed by atoms with Crippen molar-refractivity contribution in [2.75, 3.05) is 53.0 Å². The van der Waals surface area contributed by atoms with E-state index >= 15 is 0 Å². The van der Waals surface area contributed by atoms with Crippen molar-refractivity contribution in [3.63, 3.8) is 0 Å². The summed E-state index contributed by atoms with van der Waals surface area (Å²) in [6.45, 7) is 6.35. The maximum Gasteiger partial charge on any atom is 0.234 e. The van der Waals surface area contributed by atoms with Crippen LogP contribution in [0.15, 0.2) is 18.2 Å². The average molecular weight is 387 g/mol.